The molecule has 3 saturated heterocycles. The van der Waals surface area contributed by atoms with Gasteiger partial charge in [0.1, 0.15) is 22.3 Å². The highest BCUT2D eigenvalue weighted by molar-refractivity contribution is 6.35. The van der Waals surface area contributed by atoms with Gasteiger partial charge in [0.25, 0.3) is 0 Å². The summed E-state index contributed by atoms with van der Waals surface area (Å²) in [7, 11) is 3.03. The molecule has 7 rings (SSSR count). The average molecular weight is 737 g/mol. The maximum Gasteiger partial charge on any atom is 0.414 e. The Balaban J connectivity index is 1.22. The van der Waals surface area contributed by atoms with Crippen LogP contribution in [0.5, 0.6) is 11.5 Å². The van der Waals surface area contributed by atoms with E-state index < -0.39 is 18.2 Å². The van der Waals surface area contributed by atoms with Crippen LogP contribution in [0.3, 0.4) is 0 Å². The number of aliphatic hydroxyl groups is 1. The van der Waals surface area contributed by atoms with Gasteiger partial charge in [-0.25, -0.2) is 9.59 Å². The molecule has 0 aliphatic carbocycles. The van der Waals surface area contributed by atoms with Gasteiger partial charge in [-0.3, -0.25) is 9.80 Å². The predicted octanol–water partition coefficient (Wildman–Crippen LogP) is 6.51. The number of halogens is 2. The van der Waals surface area contributed by atoms with Crippen LogP contribution in [0.2, 0.25) is 10.0 Å². The smallest absolute Gasteiger partial charge is 0.414 e. The van der Waals surface area contributed by atoms with Crippen molar-refractivity contribution < 1.29 is 38.4 Å². The van der Waals surface area contributed by atoms with Crippen LogP contribution >= 0.6 is 23.2 Å². The van der Waals surface area contributed by atoms with Gasteiger partial charge in [0, 0.05) is 24.2 Å². The van der Waals surface area contributed by atoms with E-state index in [1.54, 1.807) is 71.6 Å². The van der Waals surface area contributed by atoms with Gasteiger partial charge in [0.05, 0.1) is 32.9 Å². The van der Waals surface area contributed by atoms with Crippen LogP contribution in [0, 0.1) is 11.1 Å². The summed E-state index contributed by atoms with van der Waals surface area (Å²) >= 11 is 12.8. The molecule has 3 aliphatic heterocycles. The number of pyridine rings is 1. The number of methoxy groups -OCH3 is 2. The van der Waals surface area contributed by atoms with Gasteiger partial charge in [0.2, 0.25) is 0 Å². The lowest BCUT2D eigenvalue weighted by Crippen LogP contribution is -2.53. The fourth-order valence-corrected chi connectivity index (χ4v) is 7.24. The Hall–Kier alpha value is -4.55. The number of anilines is 1. The van der Waals surface area contributed by atoms with Crippen LogP contribution in [0.4, 0.5) is 10.5 Å². The minimum Gasteiger partial charge on any atom is -0.619 e. The number of aliphatic hydroxyl groups excluding tert-OH is 1. The average Bonchev–Trinajstić information content (AvgIpc) is 3.15. The highest BCUT2D eigenvalue weighted by Gasteiger charge is 2.37. The second kappa shape index (κ2) is 16.2. The van der Waals surface area contributed by atoms with Gasteiger partial charge in [-0.2, -0.15) is 4.73 Å². The number of aromatic nitrogens is 1. The first-order valence-corrected chi connectivity index (χ1v) is 17.4. The van der Waals surface area contributed by atoms with E-state index in [9.17, 15) is 19.9 Å². The molecule has 2 atom stereocenters. The van der Waals surface area contributed by atoms with Crippen molar-refractivity contribution >= 4 is 41.0 Å². The first-order valence-electron chi connectivity index (χ1n) is 16.6. The Labute approximate surface area is 306 Å². The van der Waals surface area contributed by atoms with Gasteiger partial charge >= 0.3 is 12.1 Å². The number of nitrogens with zero attached hydrogens (tertiary/aromatic N) is 3. The SMILES string of the molecule is COc1ccc(C(Cc2c(Cl)c[n+]([O-])cc2Cl)OC(=O)c2ccc(CN(C(=O)O[C@H]3CN4CCC3CC4)c3cccc(CO)c3)cc2)cc1OC. The minimum atomic E-state index is -0.870. The normalized spacial score (nSPS) is 18.5. The lowest BCUT2D eigenvalue weighted by molar-refractivity contribution is -0.605. The summed E-state index contributed by atoms with van der Waals surface area (Å²) < 4.78 is 23.5. The summed E-state index contributed by atoms with van der Waals surface area (Å²) in [5.74, 6) is 0.659. The topological polar surface area (TPSA) is 125 Å². The molecule has 4 heterocycles. The van der Waals surface area contributed by atoms with Gasteiger partial charge in [-0.15, -0.1) is 0 Å². The maximum absolute atomic E-state index is 13.7. The van der Waals surface area contributed by atoms with Crippen LogP contribution in [0.25, 0.3) is 0 Å². The van der Waals surface area contributed by atoms with Crippen molar-refractivity contribution in [2.45, 2.75) is 44.6 Å². The summed E-state index contributed by atoms with van der Waals surface area (Å²) in [6, 6.07) is 19.1. The lowest BCUT2D eigenvalue weighted by Gasteiger charge is -2.44. The molecule has 1 amide bonds. The fourth-order valence-electron chi connectivity index (χ4n) is 6.64. The molecule has 268 valence electrons. The number of hydrogen-bond acceptors (Lipinski definition) is 9. The van der Waals surface area contributed by atoms with Crippen molar-refractivity contribution in [2.24, 2.45) is 5.92 Å². The molecule has 0 spiro atoms. The third-order valence-corrected chi connectivity index (χ3v) is 10.1. The van der Waals surface area contributed by atoms with Crippen molar-refractivity contribution in [3.63, 3.8) is 0 Å². The Kier molecular flexibility index (Phi) is 11.5. The second-order valence-corrected chi connectivity index (χ2v) is 13.5. The van der Waals surface area contributed by atoms with Crippen molar-refractivity contribution in [3.05, 3.63) is 122 Å². The molecule has 0 radical (unpaired) electrons. The van der Waals surface area contributed by atoms with E-state index in [-0.39, 0.29) is 41.3 Å². The second-order valence-electron chi connectivity index (χ2n) is 12.7. The van der Waals surface area contributed by atoms with Crippen molar-refractivity contribution in [2.75, 3.05) is 38.8 Å². The van der Waals surface area contributed by atoms with Crippen molar-refractivity contribution in [1.29, 1.82) is 0 Å². The van der Waals surface area contributed by atoms with E-state index in [2.05, 4.69) is 4.90 Å². The molecule has 0 saturated carbocycles. The Morgan fingerprint density at radius 2 is 1.67 bits per heavy atom. The lowest BCUT2D eigenvalue weighted by atomic mass is 9.86. The van der Waals surface area contributed by atoms with Crippen LogP contribution in [0.1, 0.15) is 51.6 Å². The van der Waals surface area contributed by atoms with Crippen LogP contribution in [-0.4, -0.2) is 62.0 Å². The number of piperidine rings is 3. The van der Waals surface area contributed by atoms with Crippen LogP contribution in [-0.2, 0) is 29.0 Å². The highest BCUT2D eigenvalue weighted by atomic mass is 35.5. The fraction of sp³-hybridized carbons (Fsp3) is 0.342. The maximum atomic E-state index is 13.7. The summed E-state index contributed by atoms with van der Waals surface area (Å²) in [4.78, 5) is 31.2. The number of carbonyl (C=O) groups is 2. The van der Waals surface area contributed by atoms with Crippen molar-refractivity contribution in [1.82, 2.24) is 4.90 Å². The van der Waals surface area contributed by atoms with E-state index in [1.165, 1.54) is 26.6 Å². The zero-order chi connectivity index (χ0) is 36.1. The minimum absolute atomic E-state index is 0.0708. The molecule has 2 bridgehead atoms. The van der Waals surface area contributed by atoms with E-state index in [0.717, 1.165) is 38.0 Å². The number of benzene rings is 3. The number of carbonyl (C=O) groups excluding carboxylic acids is 2. The number of hydrogen-bond donors (Lipinski definition) is 1. The van der Waals surface area contributed by atoms with E-state index in [0.29, 0.717) is 44.5 Å². The molecule has 1 unspecified atom stereocenters. The number of amides is 1. The zero-order valence-corrected chi connectivity index (χ0v) is 29.8. The molecule has 13 heteroatoms. The zero-order valence-electron chi connectivity index (χ0n) is 28.3. The summed E-state index contributed by atoms with van der Waals surface area (Å²) in [6.45, 7) is 2.78. The quantitative estimate of drug-likeness (QED) is 0.0985. The summed E-state index contributed by atoms with van der Waals surface area (Å²) in [5.41, 5.74) is 3.30. The van der Waals surface area contributed by atoms with Crippen molar-refractivity contribution in [3.8, 4) is 11.5 Å². The van der Waals surface area contributed by atoms with Gasteiger partial charge in [-0.05, 0) is 84.9 Å². The van der Waals surface area contributed by atoms with Gasteiger partial charge < -0.3 is 29.3 Å². The standard InChI is InChI=1S/C38H39Cl2N3O8/c1-48-33-11-10-28(17-35(33)49-2)34(18-30-31(39)20-42(47)21-32(30)40)50-37(45)27-8-6-24(7-9-27)19-43(29-5-3-4-25(16-29)23-44)38(46)51-36-22-41-14-12-26(36)13-15-41/h3-11,16-17,20-21,26,34,36,44H,12-15,18-19,22-23H2,1-2H3/t34?,36-/m0/s1. The Morgan fingerprint density at radius 1 is 0.961 bits per heavy atom. The molecule has 3 aliphatic rings. The molecule has 4 aromatic rings. The molecule has 3 fully saturated rings. The molecule has 1 aromatic heterocycles. The van der Waals surface area contributed by atoms with Gasteiger partial charge in [0.15, 0.2) is 23.9 Å². The van der Waals surface area contributed by atoms with E-state index in [1.807, 2.05) is 0 Å². The summed E-state index contributed by atoms with van der Waals surface area (Å²) in [6.07, 6.45) is 2.94. The third kappa shape index (κ3) is 8.50. The van der Waals surface area contributed by atoms with E-state index in [4.69, 9.17) is 42.1 Å². The third-order valence-electron chi connectivity index (χ3n) is 9.48. The molecule has 51 heavy (non-hydrogen) atoms. The largest absolute Gasteiger partial charge is 0.619 e. The van der Waals surface area contributed by atoms with Crippen LogP contribution < -0.4 is 19.1 Å². The van der Waals surface area contributed by atoms with Crippen LogP contribution in [0.15, 0.2) is 79.1 Å². The van der Waals surface area contributed by atoms with E-state index >= 15 is 0 Å². The number of fused-ring (bicyclic) bond motifs is 3. The number of esters is 1. The predicted molar refractivity (Wildman–Crippen MR) is 191 cm³/mol. The Morgan fingerprint density at radius 3 is 2.29 bits per heavy atom. The first-order chi connectivity index (χ1) is 24.6. The number of ether oxygens (including phenoxy) is 4. The van der Waals surface area contributed by atoms with Gasteiger partial charge in [-0.1, -0.05) is 53.5 Å². The highest BCUT2D eigenvalue weighted by Crippen LogP contribution is 2.36. The number of rotatable bonds is 12. The molecule has 3 aromatic carbocycles. The molecule has 11 nitrogen and oxygen atoms in total. The summed E-state index contributed by atoms with van der Waals surface area (Å²) in [5, 5.41) is 21.9. The molecular formula is C38H39Cl2N3O8. The first kappa shape index (κ1) is 36.2. The molecular weight excluding hydrogens is 697 g/mol. The monoisotopic (exact) mass is 735 g/mol. The Bertz CT molecular complexity index is 1840. The molecule has 1 N–H and O–H groups in total.